The molecule has 1 heterocycles. The molecule has 1 fully saturated rings. The Morgan fingerprint density at radius 3 is 3.14 bits per heavy atom. The lowest BCUT2D eigenvalue weighted by Crippen LogP contribution is -2.27. The predicted molar refractivity (Wildman–Crippen MR) is 84.8 cm³/mol. The van der Waals surface area contributed by atoms with E-state index in [9.17, 15) is 0 Å². The van der Waals surface area contributed by atoms with Gasteiger partial charge in [-0.05, 0) is 38.1 Å². The van der Waals surface area contributed by atoms with Gasteiger partial charge in [0.25, 0.3) is 0 Å². The molecule has 6 heteroatoms. The molecular weight excluding hydrogens is 306 g/mol. The molecule has 1 aliphatic rings. The van der Waals surface area contributed by atoms with Crippen LogP contribution < -0.4 is 5.32 Å². The maximum Gasteiger partial charge on any atom is 0.231 e. The van der Waals surface area contributed by atoms with Gasteiger partial charge in [0.05, 0.1) is 11.7 Å². The van der Waals surface area contributed by atoms with Crippen LogP contribution in [-0.4, -0.2) is 23.2 Å². The van der Waals surface area contributed by atoms with Crippen molar-refractivity contribution in [2.24, 2.45) is 0 Å². The molecule has 2 aromatic rings. The molecule has 2 atom stereocenters. The highest BCUT2D eigenvalue weighted by atomic mass is 35.5. The summed E-state index contributed by atoms with van der Waals surface area (Å²) < 4.78 is 5.45. The van der Waals surface area contributed by atoms with E-state index in [1.807, 2.05) is 31.3 Å². The zero-order valence-electron chi connectivity index (χ0n) is 11.9. The normalized spacial score (nSPS) is 21.8. The molecule has 112 valence electrons. The summed E-state index contributed by atoms with van der Waals surface area (Å²) in [7, 11) is 2.00. The standard InChI is InChI=1S/C15H18ClN3OS/c1-17-13-7-3-6-12(13)15-18-14(19-20-15)9-21-11-5-2-4-10(16)8-11/h2,4-5,8,12-13,17H,3,6-7,9H2,1H3. The number of rotatable bonds is 5. The molecule has 21 heavy (non-hydrogen) atoms. The largest absolute Gasteiger partial charge is 0.339 e. The molecule has 0 aliphatic heterocycles. The van der Waals surface area contributed by atoms with E-state index < -0.39 is 0 Å². The van der Waals surface area contributed by atoms with Gasteiger partial charge in [-0.15, -0.1) is 11.8 Å². The lowest BCUT2D eigenvalue weighted by atomic mass is 10.0. The molecular formula is C15H18ClN3OS. The molecule has 1 saturated carbocycles. The maximum atomic E-state index is 5.98. The Kier molecular flexibility index (Phi) is 4.83. The highest BCUT2D eigenvalue weighted by molar-refractivity contribution is 7.98. The molecule has 1 aromatic carbocycles. The Bertz CT molecular complexity index is 604. The molecule has 2 unspecified atom stereocenters. The summed E-state index contributed by atoms with van der Waals surface area (Å²) in [6.07, 6.45) is 3.51. The third-order valence-electron chi connectivity index (χ3n) is 3.85. The number of hydrogen-bond acceptors (Lipinski definition) is 5. The van der Waals surface area contributed by atoms with Crippen molar-refractivity contribution in [3.63, 3.8) is 0 Å². The van der Waals surface area contributed by atoms with E-state index in [0.717, 1.165) is 28.1 Å². The molecule has 0 spiro atoms. The van der Waals surface area contributed by atoms with Crippen LogP contribution in [0.3, 0.4) is 0 Å². The lowest BCUT2D eigenvalue weighted by Gasteiger charge is -2.14. The molecule has 0 radical (unpaired) electrons. The summed E-state index contributed by atoms with van der Waals surface area (Å²) in [4.78, 5) is 5.67. The number of nitrogens with zero attached hydrogens (tertiary/aromatic N) is 2. The minimum Gasteiger partial charge on any atom is -0.339 e. The smallest absolute Gasteiger partial charge is 0.231 e. The van der Waals surface area contributed by atoms with Crippen molar-refractivity contribution in [1.29, 1.82) is 0 Å². The van der Waals surface area contributed by atoms with E-state index in [-0.39, 0.29) is 0 Å². The quantitative estimate of drug-likeness (QED) is 0.846. The average Bonchev–Trinajstić information content (AvgIpc) is 3.13. The van der Waals surface area contributed by atoms with Gasteiger partial charge in [-0.3, -0.25) is 0 Å². The number of hydrogen-bond donors (Lipinski definition) is 1. The molecule has 4 nitrogen and oxygen atoms in total. The maximum absolute atomic E-state index is 5.98. The first-order valence-electron chi connectivity index (χ1n) is 7.14. The van der Waals surface area contributed by atoms with Crippen molar-refractivity contribution in [1.82, 2.24) is 15.5 Å². The predicted octanol–water partition coefficient (Wildman–Crippen LogP) is 3.87. The molecule has 1 aliphatic carbocycles. The van der Waals surface area contributed by atoms with Gasteiger partial charge in [0.15, 0.2) is 5.82 Å². The molecule has 3 rings (SSSR count). The lowest BCUT2D eigenvalue weighted by molar-refractivity contribution is 0.333. The average molecular weight is 324 g/mol. The first-order valence-corrected chi connectivity index (χ1v) is 8.50. The number of halogens is 1. The number of nitrogens with one attached hydrogen (secondary N) is 1. The van der Waals surface area contributed by atoms with Crippen LogP contribution in [0.1, 0.15) is 36.9 Å². The topological polar surface area (TPSA) is 51.0 Å². The van der Waals surface area contributed by atoms with Crippen molar-refractivity contribution >= 4 is 23.4 Å². The van der Waals surface area contributed by atoms with Crippen LogP contribution in [-0.2, 0) is 5.75 Å². The van der Waals surface area contributed by atoms with Crippen molar-refractivity contribution in [2.75, 3.05) is 7.05 Å². The van der Waals surface area contributed by atoms with Crippen LogP contribution in [0.5, 0.6) is 0 Å². The Balaban J connectivity index is 1.63. The molecule has 1 N–H and O–H groups in total. The summed E-state index contributed by atoms with van der Waals surface area (Å²) in [6.45, 7) is 0. The second-order valence-electron chi connectivity index (χ2n) is 5.23. The van der Waals surface area contributed by atoms with Crippen molar-refractivity contribution in [3.05, 3.63) is 41.0 Å². The van der Waals surface area contributed by atoms with Gasteiger partial charge in [-0.1, -0.05) is 29.2 Å². The van der Waals surface area contributed by atoms with Crippen LogP contribution in [0.2, 0.25) is 5.02 Å². The van der Waals surface area contributed by atoms with Crippen LogP contribution in [0.25, 0.3) is 0 Å². The Hall–Kier alpha value is -1.04. The van der Waals surface area contributed by atoms with E-state index in [1.54, 1.807) is 11.8 Å². The third kappa shape index (κ3) is 3.59. The van der Waals surface area contributed by atoms with Gasteiger partial charge < -0.3 is 9.84 Å². The van der Waals surface area contributed by atoms with E-state index in [1.165, 1.54) is 12.8 Å². The van der Waals surface area contributed by atoms with Crippen molar-refractivity contribution in [2.45, 2.75) is 41.9 Å². The summed E-state index contributed by atoms with van der Waals surface area (Å²) in [5.74, 6) is 2.57. The Morgan fingerprint density at radius 1 is 1.43 bits per heavy atom. The Labute approximate surface area is 133 Å². The highest BCUT2D eigenvalue weighted by Crippen LogP contribution is 2.34. The van der Waals surface area contributed by atoms with Gasteiger partial charge in [-0.2, -0.15) is 4.98 Å². The first-order chi connectivity index (χ1) is 10.3. The fraction of sp³-hybridized carbons (Fsp3) is 0.467. The second kappa shape index (κ2) is 6.81. The molecule has 0 bridgehead atoms. The van der Waals surface area contributed by atoms with Gasteiger partial charge >= 0.3 is 0 Å². The number of likely N-dealkylation sites (N-methyl/N-ethyl adjacent to an activating group) is 1. The van der Waals surface area contributed by atoms with Gasteiger partial charge in [-0.25, -0.2) is 0 Å². The minimum absolute atomic E-state index is 0.354. The summed E-state index contributed by atoms with van der Waals surface area (Å²) in [6, 6.07) is 8.25. The minimum atomic E-state index is 0.354. The van der Waals surface area contributed by atoms with Crippen LogP contribution in [0.15, 0.2) is 33.7 Å². The molecule has 0 amide bonds. The van der Waals surface area contributed by atoms with E-state index in [0.29, 0.717) is 17.7 Å². The first kappa shape index (κ1) is 14.9. The van der Waals surface area contributed by atoms with Crippen LogP contribution in [0.4, 0.5) is 0 Å². The van der Waals surface area contributed by atoms with Crippen molar-refractivity contribution < 1.29 is 4.52 Å². The van der Waals surface area contributed by atoms with Crippen molar-refractivity contribution in [3.8, 4) is 0 Å². The van der Waals surface area contributed by atoms with Crippen LogP contribution >= 0.6 is 23.4 Å². The van der Waals surface area contributed by atoms with Gasteiger partial charge in [0.2, 0.25) is 5.89 Å². The summed E-state index contributed by atoms with van der Waals surface area (Å²) in [5.41, 5.74) is 0. The summed E-state index contributed by atoms with van der Waals surface area (Å²) >= 11 is 7.64. The highest BCUT2D eigenvalue weighted by Gasteiger charge is 2.31. The SMILES string of the molecule is CNC1CCCC1c1nc(CSc2cccc(Cl)c2)no1. The van der Waals surface area contributed by atoms with Gasteiger partial charge in [0.1, 0.15) is 0 Å². The zero-order valence-corrected chi connectivity index (χ0v) is 13.5. The summed E-state index contributed by atoms with van der Waals surface area (Å²) in [5, 5.41) is 8.18. The van der Waals surface area contributed by atoms with E-state index >= 15 is 0 Å². The number of benzene rings is 1. The molecule has 0 saturated heterocycles. The Morgan fingerprint density at radius 2 is 2.33 bits per heavy atom. The van der Waals surface area contributed by atoms with E-state index in [2.05, 4.69) is 15.5 Å². The number of aromatic nitrogens is 2. The van der Waals surface area contributed by atoms with Crippen LogP contribution in [0, 0.1) is 0 Å². The number of thioether (sulfide) groups is 1. The third-order valence-corrected chi connectivity index (χ3v) is 5.08. The fourth-order valence-corrected chi connectivity index (χ4v) is 3.84. The molecule has 1 aromatic heterocycles. The van der Waals surface area contributed by atoms with Gasteiger partial charge in [0, 0.05) is 16.0 Å². The monoisotopic (exact) mass is 323 g/mol. The fourth-order valence-electron chi connectivity index (χ4n) is 2.78. The van der Waals surface area contributed by atoms with E-state index in [4.69, 9.17) is 16.1 Å². The zero-order chi connectivity index (χ0) is 14.7. The second-order valence-corrected chi connectivity index (χ2v) is 6.71.